The molecule has 258 valence electrons. The summed E-state index contributed by atoms with van der Waals surface area (Å²) in [5.41, 5.74) is 19.2. The quantitative estimate of drug-likeness (QED) is 0.145. The second kappa shape index (κ2) is 18.9. The Labute approximate surface area is 306 Å². The topological polar surface area (TPSA) is 86.2 Å². The first-order valence-corrected chi connectivity index (χ1v) is 27.6. The summed E-state index contributed by atoms with van der Waals surface area (Å²) in [5, 5.41) is 2.21. The normalized spacial score (nSPS) is 15.3. The van der Waals surface area contributed by atoms with E-state index in [-0.39, 0.29) is 27.2 Å². The fourth-order valence-electron chi connectivity index (χ4n) is 6.86. The van der Waals surface area contributed by atoms with Gasteiger partial charge in [-0.05, 0) is 96.9 Å². The zero-order valence-electron chi connectivity index (χ0n) is 28.4. The van der Waals surface area contributed by atoms with Crippen molar-refractivity contribution in [1.29, 1.82) is 0 Å². The Bertz CT molecular complexity index is 1620. The molecule has 4 N–H and O–H groups in total. The van der Waals surface area contributed by atoms with Crippen LogP contribution in [0.4, 0.5) is 0 Å². The van der Waals surface area contributed by atoms with Crippen molar-refractivity contribution in [3.05, 3.63) is 118 Å². The van der Waals surface area contributed by atoms with E-state index in [4.69, 9.17) is 30.8 Å². The Balaban J connectivity index is 0.000000231. The molecule has 0 spiro atoms. The van der Waals surface area contributed by atoms with Crippen LogP contribution >= 0.6 is 35.2 Å². The van der Waals surface area contributed by atoms with E-state index in [1.807, 2.05) is 60.7 Å². The first-order chi connectivity index (χ1) is 23.0. The molecule has 0 saturated carbocycles. The molecule has 0 bridgehead atoms. The Morgan fingerprint density at radius 3 is 1.25 bits per heavy atom. The maximum absolute atomic E-state index is 14.5. The summed E-state index contributed by atoms with van der Waals surface area (Å²) in [6.07, 6.45) is 8.40. The van der Waals surface area contributed by atoms with Gasteiger partial charge in [0.2, 0.25) is 9.84 Å². The number of nitrogens with two attached hydrogens (primary N) is 2. The van der Waals surface area contributed by atoms with Gasteiger partial charge < -0.3 is 11.5 Å². The SMILES string of the molecule is C[PH+](C)c1ccc2c(c1S(=O)(=O)c1c([PH+](C)C)ccc3c1CCCC3)CCCC2.NC(c1ccccc1)C(N)c1ccccc1.[Cl][Ru+2][Cl]. The number of rotatable bonds is 7. The molecule has 4 aromatic carbocycles. The minimum atomic E-state index is -3.52. The van der Waals surface area contributed by atoms with Crippen LogP contribution in [0.1, 0.15) is 71.1 Å². The summed E-state index contributed by atoms with van der Waals surface area (Å²) in [6.45, 7) is 8.91. The molecule has 2 unspecified atom stereocenters. The van der Waals surface area contributed by atoms with Crippen LogP contribution in [0, 0.1) is 0 Å². The predicted octanol–water partition coefficient (Wildman–Crippen LogP) is 8.24. The Morgan fingerprint density at radius 2 is 0.917 bits per heavy atom. The molecular formula is C38H50Cl2N2O2P2RuS+4. The number of benzene rings is 4. The van der Waals surface area contributed by atoms with Gasteiger partial charge in [-0.1, -0.05) is 72.8 Å². The molecule has 0 heterocycles. The van der Waals surface area contributed by atoms with Crippen molar-refractivity contribution in [2.45, 2.75) is 73.2 Å². The van der Waals surface area contributed by atoms with Crippen LogP contribution < -0.4 is 22.1 Å². The van der Waals surface area contributed by atoms with Crippen molar-refractivity contribution < 1.29 is 23.6 Å². The molecule has 2 atom stereocenters. The molecule has 2 aliphatic carbocycles. The predicted molar refractivity (Wildman–Crippen MR) is 210 cm³/mol. The molecule has 4 aromatic rings. The van der Waals surface area contributed by atoms with Gasteiger partial charge in [0.1, 0.15) is 20.4 Å². The number of sulfone groups is 1. The van der Waals surface area contributed by atoms with Gasteiger partial charge in [-0.25, -0.2) is 8.42 Å². The number of aryl methyl sites for hydroxylation is 2. The number of fused-ring (bicyclic) bond motifs is 2. The second-order valence-corrected chi connectivity index (χ2v) is 22.5. The third kappa shape index (κ3) is 9.57. The molecule has 0 aromatic heterocycles. The van der Waals surface area contributed by atoms with Gasteiger partial charge in [0, 0.05) is 27.9 Å². The average Bonchev–Trinajstić information content (AvgIpc) is 3.11. The Morgan fingerprint density at radius 1 is 0.583 bits per heavy atom. The molecule has 0 saturated heterocycles. The molecule has 10 heteroatoms. The number of hydrogen-bond acceptors (Lipinski definition) is 4. The molecular weight excluding hydrogens is 782 g/mol. The second-order valence-electron chi connectivity index (χ2n) is 13.0. The average molecular weight is 833 g/mol. The monoisotopic (exact) mass is 832 g/mol. The van der Waals surface area contributed by atoms with Crippen LogP contribution in [-0.4, -0.2) is 35.1 Å². The van der Waals surface area contributed by atoms with Crippen molar-refractivity contribution >= 4 is 55.7 Å². The van der Waals surface area contributed by atoms with Crippen LogP contribution in [0.5, 0.6) is 0 Å². The van der Waals surface area contributed by atoms with Crippen molar-refractivity contribution in [3.63, 3.8) is 0 Å². The van der Waals surface area contributed by atoms with Crippen LogP contribution in [0.15, 0.2) is 94.7 Å². The zero-order valence-corrected chi connectivity index (χ0v) is 34.4. The number of hydrogen-bond donors (Lipinski definition) is 2. The van der Waals surface area contributed by atoms with Gasteiger partial charge in [0.25, 0.3) is 0 Å². The van der Waals surface area contributed by atoms with Gasteiger partial charge in [-0.3, -0.25) is 0 Å². The summed E-state index contributed by atoms with van der Waals surface area (Å²) >= 11 is -0.346. The third-order valence-electron chi connectivity index (χ3n) is 9.33. The van der Waals surface area contributed by atoms with E-state index in [0.717, 1.165) is 71.4 Å². The van der Waals surface area contributed by atoms with E-state index in [1.165, 1.54) is 24.0 Å². The Kier molecular flexibility index (Phi) is 15.6. The summed E-state index contributed by atoms with van der Waals surface area (Å²) in [7, 11) is 4.41. The van der Waals surface area contributed by atoms with Gasteiger partial charge in [0.15, 0.2) is 0 Å². The first kappa shape index (κ1) is 39.6. The zero-order chi connectivity index (χ0) is 34.8. The van der Waals surface area contributed by atoms with Crippen LogP contribution in [0.3, 0.4) is 0 Å². The third-order valence-corrected chi connectivity index (χ3v) is 14.7. The molecule has 4 nitrogen and oxygen atoms in total. The molecule has 0 fully saturated rings. The van der Waals surface area contributed by atoms with Crippen molar-refractivity contribution in [1.82, 2.24) is 0 Å². The summed E-state index contributed by atoms with van der Waals surface area (Å²) in [5.74, 6) is 0. The van der Waals surface area contributed by atoms with Crippen LogP contribution in [0.25, 0.3) is 0 Å². The summed E-state index contributed by atoms with van der Waals surface area (Å²) < 4.78 is 28.9. The standard InChI is InChI=1S/C24H32O2P2S.C14H16N2.2ClH.Ru/c1-27(2)21-15-13-17-9-5-7-11-19(17)23(21)29(25,26)24-20-12-8-6-10-18(20)14-16-22(24)28(3)4;15-13(11-7-3-1-4-8-11)14(16)12-9-5-2-6-10-12;;;/h13-16H,5-12H2,1-4H3;1-10,13-14H,15-16H2;2*1H;/q;;;;+4. The fraction of sp³-hybridized carbons (Fsp3) is 0.368. The summed E-state index contributed by atoms with van der Waals surface area (Å²) in [6, 6.07) is 28.3. The van der Waals surface area contributed by atoms with E-state index in [0.29, 0.717) is 9.79 Å². The van der Waals surface area contributed by atoms with E-state index in [9.17, 15) is 8.42 Å². The summed E-state index contributed by atoms with van der Waals surface area (Å²) in [4.78, 5) is 1.41. The van der Waals surface area contributed by atoms with Crippen molar-refractivity contribution in [2.75, 3.05) is 26.7 Å². The molecule has 0 amide bonds. The Hall–Kier alpha value is -1.19. The minimum absolute atomic E-state index is 0.163. The van der Waals surface area contributed by atoms with Crippen LogP contribution in [-0.2, 0) is 50.7 Å². The van der Waals surface area contributed by atoms with Crippen molar-refractivity contribution in [2.24, 2.45) is 11.5 Å². The van der Waals surface area contributed by atoms with E-state index in [2.05, 4.69) is 50.9 Å². The molecule has 6 rings (SSSR count). The number of halogens is 2. The van der Waals surface area contributed by atoms with Gasteiger partial charge in [0.05, 0.1) is 26.7 Å². The van der Waals surface area contributed by atoms with E-state index < -0.39 is 25.7 Å². The fourth-order valence-corrected chi connectivity index (χ4v) is 13.0. The van der Waals surface area contributed by atoms with Crippen molar-refractivity contribution in [3.8, 4) is 0 Å². The maximum atomic E-state index is 14.5. The first-order valence-electron chi connectivity index (χ1n) is 16.6. The van der Waals surface area contributed by atoms with Gasteiger partial charge in [-0.2, -0.15) is 0 Å². The molecule has 48 heavy (non-hydrogen) atoms. The molecule has 0 radical (unpaired) electrons. The molecule has 2 aliphatic rings. The van der Waals surface area contributed by atoms with E-state index in [1.54, 1.807) is 0 Å². The van der Waals surface area contributed by atoms with Gasteiger partial charge in [-0.15, -0.1) is 0 Å². The molecule has 0 aliphatic heterocycles. The van der Waals surface area contributed by atoms with E-state index >= 15 is 0 Å². The van der Waals surface area contributed by atoms with Crippen LogP contribution in [0.2, 0.25) is 0 Å². The van der Waals surface area contributed by atoms with Gasteiger partial charge >= 0.3 is 34.5 Å².